The molecule has 0 bridgehead atoms. The van der Waals surface area contributed by atoms with E-state index in [-0.39, 0.29) is 12.1 Å². The highest BCUT2D eigenvalue weighted by atomic mass is 35.5. The second-order valence-corrected chi connectivity index (χ2v) is 6.16. The maximum Gasteiger partial charge on any atom is 0.318 e. The van der Waals surface area contributed by atoms with Gasteiger partial charge in [-0.1, -0.05) is 60.1 Å². The summed E-state index contributed by atoms with van der Waals surface area (Å²) in [5.74, 6) is 0.686. The van der Waals surface area contributed by atoms with Gasteiger partial charge in [0.2, 0.25) is 0 Å². The molecule has 0 saturated carbocycles. The van der Waals surface area contributed by atoms with Gasteiger partial charge in [0, 0.05) is 18.6 Å². The molecule has 0 spiro atoms. The third-order valence-corrected chi connectivity index (χ3v) is 4.31. The summed E-state index contributed by atoms with van der Waals surface area (Å²) in [4.78, 5) is 14.3. The number of halogens is 1. The van der Waals surface area contributed by atoms with Crippen LogP contribution in [0.5, 0.6) is 0 Å². The number of furan rings is 1. The van der Waals surface area contributed by atoms with Crippen molar-refractivity contribution in [1.82, 2.24) is 10.2 Å². The Morgan fingerprint density at radius 1 is 1.08 bits per heavy atom. The first-order valence-corrected chi connectivity index (χ1v) is 8.36. The topological polar surface area (TPSA) is 45.5 Å². The van der Waals surface area contributed by atoms with Crippen LogP contribution < -0.4 is 5.32 Å². The molecule has 1 heterocycles. The second kappa shape index (κ2) is 7.90. The highest BCUT2D eigenvalue weighted by Gasteiger charge is 2.21. The average Bonchev–Trinajstić information content (AvgIpc) is 3.16. The number of nitrogens with zero attached hydrogens (tertiary/aromatic N) is 1. The lowest BCUT2D eigenvalue weighted by atomic mass is 10.0. The molecule has 3 aromatic rings. The molecule has 1 unspecified atom stereocenters. The molecule has 25 heavy (non-hydrogen) atoms. The van der Waals surface area contributed by atoms with Crippen molar-refractivity contribution >= 4 is 17.6 Å². The number of nitrogens with one attached hydrogen (secondary N) is 1. The highest BCUT2D eigenvalue weighted by Crippen LogP contribution is 2.23. The van der Waals surface area contributed by atoms with Crippen molar-refractivity contribution in [1.29, 1.82) is 0 Å². The van der Waals surface area contributed by atoms with Gasteiger partial charge in [0.05, 0.1) is 6.26 Å². The van der Waals surface area contributed by atoms with E-state index < -0.39 is 0 Å². The van der Waals surface area contributed by atoms with Crippen molar-refractivity contribution in [3.63, 3.8) is 0 Å². The van der Waals surface area contributed by atoms with E-state index in [1.54, 1.807) is 18.2 Å². The summed E-state index contributed by atoms with van der Waals surface area (Å²) in [5.41, 5.74) is 1.85. The fourth-order valence-electron chi connectivity index (χ4n) is 2.61. The maximum absolute atomic E-state index is 12.7. The number of carbonyl (C=O) groups excluding carboxylic acids is 1. The summed E-state index contributed by atoms with van der Waals surface area (Å²) < 4.78 is 5.51. The molecule has 0 aliphatic carbocycles. The Labute approximate surface area is 152 Å². The minimum atomic E-state index is -0.350. The van der Waals surface area contributed by atoms with Crippen molar-refractivity contribution in [2.45, 2.75) is 12.6 Å². The number of hydrogen-bond acceptors (Lipinski definition) is 2. The Morgan fingerprint density at radius 3 is 2.48 bits per heavy atom. The number of benzene rings is 2. The normalized spacial score (nSPS) is 11.8. The lowest BCUT2D eigenvalue weighted by Crippen LogP contribution is -2.39. The molecule has 1 N–H and O–H groups in total. The van der Waals surface area contributed by atoms with Gasteiger partial charge in [-0.3, -0.25) is 0 Å². The molecule has 2 aromatic carbocycles. The summed E-state index contributed by atoms with van der Waals surface area (Å²) in [7, 11) is 1.74. The summed E-state index contributed by atoms with van der Waals surface area (Å²) >= 11 is 6.18. The third-order valence-electron chi connectivity index (χ3n) is 3.94. The van der Waals surface area contributed by atoms with Crippen LogP contribution in [-0.4, -0.2) is 18.0 Å². The van der Waals surface area contributed by atoms with Crippen LogP contribution in [0.3, 0.4) is 0 Å². The van der Waals surface area contributed by atoms with Crippen molar-refractivity contribution in [2.75, 3.05) is 7.05 Å². The van der Waals surface area contributed by atoms with Crippen LogP contribution in [-0.2, 0) is 6.54 Å². The van der Waals surface area contributed by atoms with Crippen LogP contribution in [0.2, 0.25) is 5.02 Å². The third kappa shape index (κ3) is 4.22. The molecule has 5 heteroatoms. The SMILES string of the molecule is CN(Cc1ccccc1Cl)C(=O)NC(c1ccccc1)c1ccco1. The van der Waals surface area contributed by atoms with E-state index >= 15 is 0 Å². The van der Waals surface area contributed by atoms with Crippen LogP contribution in [0, 0.1) is 0 Å². The first-order valence-electron chi connectivity index (χ1n) is 7.98. The molecule has 2 amide bonds. The summed E-state index contributed by atoms with van der Waals surface area (Å²) in [6.45, 7) is 0.422. The molecule has 0 aliphatic rings. The zero-order valence-corrected chi connectivity index (χ0v) is 14.6. The largest absolute Gasteiger partial charge is 0.467 e. The minimum absolute atomic E-state index is 0.204. The predicted molar refractivity (Wildman–Crippen MR) is 98.4 cm³/mol. The molecular weight excluding hydrogens is 336 g/mol. The monoisotopic (exact) mass is 354 g/mol. The fourth-order valence-corrected chi connectivity index (χ4v) is 2.80. The number of urea groups is 1. The van der Waals surface area contributed by atoms with Crippen LogP contribution in [0.25, 0.3) is 0 Å². The molecule has 3 rings (SSSR count). The molecule has 0 aliphatic heterocycles. The second-order valence-electron chi connectivity index (χ2n) is 5.76. The standard InChI is InChI=1S/C20H19ClN2O2/c1-23(14-16-10-5-6-11-17(16)21)20(24)22-19(18-12-7-13-25-18)15-8-3-2-4-9-15/h2-13,19H,14H2,1H3,(H,22,24). The van der Waals surface area contributed by atoms with E-state index in [2.05, 4.69) is 5.32 Å². The summed E-state index contributed by atoms with van der Waals surface area (Å²) in [5, 5.41) is 3.67. The molecule has 0 saturated heterocycles. The van der Waals surface area contributed by atoms with E-state index in [1.807, 2.05) is 66.7 Å². The molecule has 1 atom stereocenters. The van der Waals surface area contributed by atoms with Gasteiger partial charge < -0.3 is 14.6 Å². The van der Waals surface area contributed by atoms with Crippen molar-refractivity contribution in [3.8, 4) is 0 Å². The Bertz CT molecular complexity index is 819. The van der Waals surface area contributed by atoms with E-state index in [0.29, 0.717) is 17.3 Å². The van der Waals surface area contributed by atoms with Gasteiger partial charge >= 0.3 is 6.03 Å². The highest BCUT2D eigenvalue weighted by molar-refractivity contribution is 6.31. The molecule has 4 nitrogen and oxygen atoms in total. The quantitative estimate of drug-likeness (QED) is 0.710. The van der Waals surface area contributed by atoms with Gasteiger partial charge in [-0.05, 0) is 29.3 Å². The van der Waals surface area contributed by atoms with Crippen LogP contribution in [0.1, 0.15) is 22.9 Å². The lowest BCUT2D eigenvalue weighted by molar-refractivity contribution is 0.203. The smallest absolute Gasteiger partial charge is 0.318 e. The van der Waals surface area contributed by atoms with Gasteiger partial charge in [-0.2, -0.15) is 0 Å². The summed E-state index contributed by atoms with van der Waals surface area (Å²) in [6, 6.07) is 20.3. The van der Waals surface area contributed by atoms with Gasteiger partial charge in [0.15, 0.2) is 0 Å². The molecule has 1 aromatic heterocycles. The Hall–Kier alpha value is -2.72. The number of hydrogen-bond donors (Lipinski definition) is 1. The van der Waals surface area contributed by atoms with Crippen molar-refractivity contribution in [2.24, 2.45) is 0 Å². The number of amides is 2. The minimum Gasteiger partial charge on any atom is -0.467 e. The first kappa shape index (κ1) is 17.1. The Morgan fingerprint density at radius 2 is 1.80 bits per heavy atom. The van der Waals surface area contributed by atoms with E-state index in [1.165, 1.54) is 0 Å². The van der Waals surface area contributed by atoms with Gasteiger partial charge in [-0.15, -0.1) is 0 Å². The number of rotatable bonds is 5. The maximum atomic E-state index is 12.7. The molecule has 0 radical (unpaired) electrons. The van der Waals surface area contributed by atoms with Gasteiger partial charge in [0.25, 0.3) is 0 Å². The van der Waals surface area contributed by atoms with E-state index in [9.17, 15) is 4.79 Å². The van der Waals surface area contributed by atoms with Crippen LogP contribution >= 0.6 is 11.6 Å². The van der Waals surface area contributed by atoms with Crippen LogP contribution in [0.15, 0.2) is 77.4 Å². The average molecular weight is 355 g/mol. The van der Waals surface area contributed by atoms with E-state index in [4.69, 9.17) is 16.0 Å². The number of carbonyl (C=O) groups is 1. The molecular formula is C20H19ClN2O2. The van der Waals surface area contributed by atoms with Gasteiger partial charge in [-0.25, -0.2) is 4.79 Å². The van der Waals surface area contributed by atoms with E-state index in [0.717, 1.165) is 11.1 Å². The lowest BCUT2D eigenvalue weighted by Gasteiger charge is -2.23. The molecule has 0 fully saturated rings. The Balaban J connectivity index is 1.75. The first-order chi connectivity index (χ1) is 12.1. The van der Waals surface area contributed by atoms with Crippen molar-refractivity contribution < 1.29 is 9.21 Å². The zero-order valence-electron chi connectivity index (χ0n) is 13.9. The van der Waals surface area contributed by atoms with Crippen molar-refractivity contribution in [3.05, 3.63) is 94.9 Å². The van der Waals surface area contributed by atoms with Gasteiger partial charge in [0.1, 0.15) is 11.8 Å². The van der Waals surface area contributed by atoms with Crippen LogP contribution in [0.4, 0.5) is 4.79 Å². The fraction of sp³-hybridized carbons (Fsp3) is 0.150. The summed E-state index contributed by atoms with van der Waals surface area (Å²) in [6.07, 6.45) is 1.60. The zero-order chi connectivity index (χ0) is 17.6. The predicted octanol–water partition coefficient (Wildman–Crippen LogP) is 4.86. The Kier molecular flexibility index (Phi) is 5.41. The molecule has 128 valence electrons.